The Morgan fingerprint density at radius 3 is 2.26 bits per heavy atom. The van der Waals surface area contributed by atoms with Gasteiger partial charge in [-0.1, -0.05) is 40.5 Å². The third-order valence-electron chi connectivity index (χ3n) is 4.21. The highest BCUT2D eigenvalue weighted by atomic mass is 35.5. The summed E-state index contributed by atoms with van der Waals surface area (Å²) in [7, 11) is 3.92. The molecule has 3 aromatic rings. The van der Waals surface area contributed by atoms with Crippen molar-refractivity contribution in [3.05, 3.63) is 75.9 Å². The molecule has 0 aliphatic carbocycles. The number of hydrogen-bond acceptors (Lipinski definition) is 4. The van der Waals surface area contributed by atoms with Crippen LogP contribution < -0.4 is 5.32 Å². The van der Waals surface area contributed by atoms with Gasteiger partial charge in [-0.3, -0.25) is 4.79 Å². The fraction of sp³-hybridized carbons (Fsp3) is 0.200. The first-order chi connectivity index (χ1) is 12.9. The number of aromatic nitrogens is 1. The molecule has 0 unspecified atom stereocenters. The second-order valence-electron chi connectivity index (χ2n) is 6.32. The van der Waals surface area contributed by atoms with Crippen molar-refractivity contribution >= 4 is 29.1 Å². The van der Waals surface area contributed by atoms with Gasteiger partial charge in [-0.2, -0.15) is 0 Å². The lowest BCUT2D eigenvalue weighted by atomic mass is 10.1. The number of likely N-dealkylation sites (N-methyl/N-ethyl adjacent to an activating group) is 1. The normalized spacial score (nSPS) is 12.2. The van der Waals surface area contributed by atoms with E-state index in [2.05, 4.69) is 10.5 Å². The topological polar surface area (TPSA) is 58.4 Å². The van der Waals surface area contributed by atoms with Crippen LogP contribution in [0.1, 0.15) is 22.1 Å². The zero-order valence-electron chi connectivity index (χ0n) is 14.9. The van der Waals surface area contributed by atoms with Crippen LogP contribution in [0.15, 0.2) is 59.1 Å². The van der Waals surface area contributed by atoms with Crippen LogP contribution in [0.5, 0.6) is 0 Å². The van der Waals surface area contributed by atoms with Crippen molar-refractivity contribution in [2.75, 3.05) is 20.6 Å². The number of amides is 1. The molecule has 1 atom stereocenters. The zero-order valence-corrected chi connectivity index (χ0v) is 16.5. The molecule has 1 aromatic heterocycles. The summed E-state index contributed by atoms with van der Waals surface area (Å²) in [6.45, 7) is 0.427. The maximum atomic E-state index is 12.5. The summed E-state index contributed by atoms with van der Waals surface area (Å²) in [5.74, 6) is 0.221. The van der Waals surface area contributed by atoms with Crippen LogP contribution in [0.25, 0.3) is 11.3 Å². The van der Waals surface area contributed by atoms with E-state index in [9.17, 15) is 4.79 Å². The van der Waals surface area contributed by atoms with Gasteiger partial charge < -0.3 is 14.7 Å². The first kappa shape index (κ1) is 19.4. The van der Waals surface area contributed by atoms with E-state index in [1.807, 2.05) is 55.4 Å². The average molecular weight is 404 g/mol. The molecule has 140 valence electrons. The summed E-state index contributed by atoms with van der Waals surface area (Å²) < 4.78 is 5.28. The van der Waals surface area contributed by atoms with Gasteiger partial charge in [0, 0.05) is 28.2 Å². The Balaban J connectivity index is 1.67. The van der Waals surface area contributed by atoms with Crippen LogP contribution >= 0.6 is 23.2 Å². The molecule has 1 N–H and O–H groups in total. The molecule has 0 bridgehead atoms. The minimum Gasteiger partial charge on any atom is -0.355 e. The van der Waals surface area contributed by atoms with Gasteiger partial charge >= 0.3 is 0 Å². The molecule has 0 saturated carbocycles. The summed E-state index contributed by atoms with van der Waals surface area (Å²) >= 11 is 11.8. The number of nitrogens with one attached hydrogen (secondary N) is 1. The number of halogens is 2. The highest BCUT2D eigenvalue weighted by Gasteiger charge is 2.18. The van der Waals surface area contributed by atoms with Crippen molar-refractivity contribution in [1.82, 2.24) is 15.4 Å². The van der Waals surface area contributed by atoms with Gasteiger partial charge in [0.25, 0.3) is 5.91 Å². The molecule has 0 aliphatic rings. The van der Waals surface area contributed by atoms with Gasteiger partial charge in [0.15, 0.2) is 11.5 Å². The monoisotopic (exact) mass is 403 g/mol. The lowest BCUT2D eigenvalue weighted by Gasteiger charge is -2.25. The predicted octanol–water partition coefficient (Wildman–Crippen LogP) is 4.68. The summed E-state index contributed by atoms with van der Waals surface area (Å²) in [5, 5.41) is 8.09. The summed E-state index contributed by atoms with van der Waals surface area (Å²) in [6, 6.07) is 16.3. The third kappa shape index (κ3) is 4.89. The number of hydrogen-bond donors (Lipinski definition) is 1. The lowest BCUT2D eigenvalue weighted by Crippen LogP contribution is -2.34. The quantitative estimate of drug-likeness (QED) is 0.648. The molecule has 1 amide bonds. The number of carbonyl (C=O) groups excluding carboxylic acids is 1. The summed E-state index contributed by atoms with van der Waals surface area (Å²) in [4.78, 5) is 14.5. The van der Waals surface area contributed by atoms with Crippen LogP contribution in [-0.4, -0.2) is 36.6 Å². The molecule has 0 saturated heterocycles. The van der Waals surface area contributed by atoms with Crippen LogP contribution in [0.3, 0.4) is 0 Å². The number of nitrogens with zero attached hydrogens (tertiary/aromatic N) is 2. The van der Waals surface area contributed by atoms with Gasteiger partial charge in [0.05, 0.1) is 6.04 Å². The SMILES string of the molecule is CN(C)[C@@H](CNC(=O)c1cc(-c2ccc(Cl)cc2)on1)c1ccc(Cl)cc1. The molecule has 27 heavy (non-hydrogen) atoms. The second-order valence-corrected chi connectivity index (χ2v) is 7.20. The van der Waals surface area contributed by atoms with E-state index >= 15 is 0 Å². The zero-order chi connectivity index (χ0) is 19.4. The van der Waals surface area contributed by atoms with Gasteiger partial charge in [-0.05, 0) is 56.1 Å². The molecule has 3 rings (SSSR count). The van der Waals surface area contributed by atoms with Crippen LogP contribution in [0.2, 0.25) is 10.0 Å². The smallest absolute Gasteiger partial charge is 0.273 e. The Bertz CT molecular complexity index is 906. The fourth-order valence-corrected chi connectivity index (χ4v) is 2.95. The van der Waals surface area contributed by atoms with E-state index in [-0.39, 0.29) is 17.6 Å². The van der Waals surface area contributed by atoms with Crippen LogP contribution in [0, 0.1) is 0 Å². The van der Waals surface area contributed by atoms with Crippen LogP contribution in [0.4, 0.5) is 0 Å². The van der Waals surface area contributed by atoms with E-state index in [4.69, 9.17) is 27.7 Å². The Labute approximate surface area is 167 Å². The Hall–Kier alpha value is -2.34. The van der Waals surface area contributed by atoms with Crippen molar-refractivity contribution in [1.29, 1.82) is 0 Å². The Morgan fingerprint density at radius 2 is 1.67 bits per heavy atom. The number of benzene rings is 2. The number of rotatable bonds is 6. The first-order valence-electron chi connectivity index (χ1n) is 8.37. The molecule has 0 aliphatic heterocycles. The van der Waals surface area contributed by atoms with Crippen LogP contribution in [-0.2, 0) is 0 Å². The van der Waals surface area contributed by atoms with E-state index in [0.717, 1.165) is 11.1 Å². The molecule has 0 fully saturated rings. The highest BCUT2D eigenvalue weighted by molar-refractivity contribution is 6.30. The second kappa shape index (κ2) is 8.57. The number of carbonyl (C=O) groups is 1. The maximum Gasteiger partial charge on any atom is 0.273 e. The van der Waals surface area contributed by atoms with Gasteiger partial charge in [-0.15, -0.1) is 0 Å². The van der Waals surface area contributed by atoms with Gasteiger partial charge in [-0.25, -0.2) is 0 Å². The van der Waals surface area contributed by atoms with Crippen molar-refractivity contribution in [2.24, 2.45) is 0 Å². The molecule has 0 spiro atoms. The van der Waals surface area contributed by atoms with E-state index in [1.165, 1.54) is 0 Å². The summed E-state index contributed by atoms with van der Waals surface area (Å²) in [6.07, 6.45) is 0. The Kier molecular flexibility index (Phi) is 6.16. The molecule has 2 aromatic carbocycles. The van der Waals surface area contributed by atoms with Crippen molar-refractivity contribution < 1.29 is 9.32 Å². The minimum absolute atomic E-state index is 0.00820. The first-order valence-corrected chi connectivity index (χ1v) is 9.12. The largest absolute Gasteiger partial charge is 0.355 e. The molecule has 5 nitrogen and oxygen atoms in total. The highest BCUT2D eigenvalue weighted by Crippen LogP contribution is 2.23. The Morgan fingerprint density at radius 1 is 1.07 bits per heavy atom. The van der Waals surface area contributed by atoms with E-state index < -0.39 is 0 Å². The molecule has 1 heterocycles. The molecule has 7 heteroatoms. The average Bonchev–Trinajstić information content (AvgIpc) is 3.14. The molecular weight excluding hydrogens is 385 g/mol. The van der Waals surface area contributed by atoms with Crippen molar-refractivity contribution in [3.63, 3.8) is 0 Å². The maximum absolute atomic E-state index is 12.5. The van der Waals surface area contributed by atoms with E-state index in [1.54, 1.807) is 18.2 Å². The minimum atomic E-state index is -0.292. The molecular formula is C20H19Cl2N3O2. The molecule has 0 radical (unpaired) electrons. The van der Waals surface area contributed by atoms with Gasteiger partial charge in [0.2, 0.25) is 0 Å². The fourth-order valence-electron chi connectivity index (χ4n) is 2.70. The third-order valence-corrected chi connectivity index (χ3v) is 4.71. The van der Waals surface area contributed by atoms with Crippen molar-refractivity contribution in [3.8, 4) is 11.3 Å². The van der Waals surface area contributed by atoms with Gasteiger partial charge in [0.1, 0.15) is 0 Å². The lowest BCUT2D eigenvalue weighted by molar-refractivity contribution is 0.0933. The predicted molar refractivity (Wildman–Crippen MR) is 107 cm³/mol. The van der Waals surface area contributed by atoms with Crippen molar-refractivity contribution in [2.45, 2.75) is 6.04 Å². The standard InChI is InChI=1S/C20H19Cl2N3O2/c1-25(2)18(13-3-7-15(21)8-4-13)12-23-20(26)17-11-19(27-24-17)14-5-9-16(22)10-6-14/h3-11,18H,12H2,1-2H3,(H,23,26)/t18-/m0/s1. The van der Waals surface area contributed by atoms with E-state index in [0.29, 0.717) is 22.4 Å². The summed E-state index contributed by atoms with van der Waals surface area (Å²) in [5.41, 5.74) is 2.10.